The first-order valence-corrected chi connectivity index (χ1v) is 8.06. The van der Waals surface area contributed by atoms with Crippen molar-refractivity contribution in [2.45, 2.75) is 19.8 Å². The molecule has 126 valence electrons. The van der Waals surface area contributed by atoms with Crippen LogP contribution in [-0.2, 0) is 0 Å². The summed E-state index contributed by atoms with van der Waals surface area (Å²) in [6, 6.07) is 4.67. The Kier molecular flexibility index (Phi) is 5.68. The Morgan fingerprint density at radius 1 is 1.12 bits per heavy atom. The number of unbranched alkanes of at least 4 members (excludes halogenated alkanes) is 1. The van der Waals surface area contributed by atoms with Gasteiger partial charge in [-0.05, 0) is 24.6 Å². The number of nitrogens with zero attached hydrogens (tertiary/aromatic N) is 2. The highest BCUT2D eigenvalue weighted by Gasteiger charge is 2.35. The van der Waals surface area contributed by atoms with Crippen LogP contribution in [0.5, 0.6) is 0 Å². The number of hydrogen-bond acceptors (Lipinski definition) is 3. The molecule has 0 bridgehead atoms. The van der Waals surface area contributed by atoms with Crippen molar-refractivity contribution in [3.8, 4) is 0 Å². The number of fused-ring (bicyclic) bond motifs is 1. The molecule has 0 fully saturated rings. The Balaban J connectivity index is 2.30. The normalized spacial score (nSPS) is 13.0. The predicted octanol–water partition coefficient (Wildman–Crippen LogP) is 2.90. The first kappa shape index (κ1) is 17.7. The fraction of sp³-hybridized carbons (Fsp3) is 0.316. The molecule has 0 aromatic heterocycles. The van der Waals surface area contributed by atoms with Gasteiger partial charge in [-0.3, -0.25) is 19.3 Å². The van der Waals surface area contributed by atoms with Crippen LogP contribution < -0.4 is 0 Å². The van der Waals surface area contributed by atoms with E-state index in [-0.39, 0.29) is 17.7 Å². The van der Waals surface area contributed by atoms with Gasteiger partial charge in [-0.2, -0.15) is 0 Å². The second-order valence-electron chi connectivity index (χ2n) is 5.66. The van der Waals surface area contributed by atoms with Crippen LogP contribution in [-0.4, -0.2) is 47.2 Å². The van der Waals surface area contributed by atoms with Crippen molar-refractivity contribution in [2.75, 3.05) is 19.6 Å². The largest absolute Gasteiger partial charge is 0.331 e. The molecule has 1 aromatic carbocycles. The Bertz CT molecular complexity index is 684. The number of carbonyl (C=O) groups is 3. The average molecular weight is 326 g/mol. The molecule has 3 amide bonds. The van der Waals surface area contributed by atoms with E-state index in [1.807, 2.05) is 6.92 Å². The first-order valence-electron chi connectivity index (χ1n) is 8.06. The Morgan fingerprint density at radius 2 is 1.75 bits per heavy atom. The number of amides is 3. The topological polar surface area (TPSA) is 57.7 Å². The van der Waals surface area contributed by atoms with Crippen LogP contribution in [0, 0.1) is 0 Å². The van der Waals surface area contributed by atoms with E-state index in [1.165, 1.54) is 11.0 Å². The highest BCUT2D eigenvalue weighted by molar-refractivity contribution is 6.22. The molecule has 0 unspecified atom stereocenters. The van der Waals surface area contributed by atoms with Crippen molar-refractivity contribution in [2.24, 2.45) is 0 Å². The molecule has 1 heterocycles. The zero-order valence-corrected chi connectivity index (χ0v) is 14.0. The zero-order chi connectivity index (χ0) is 17.7. The average Bonchev–Trinajstić information content (AvgIpc) is 2.83. The van der Waals surface area contributed by atoms with Crippen molar-refractivity contribution >= 4 is 17.7 Å². The number of hydrogen-bond donors (Lipinski definition) is 0. The van der Waals surface area contributed by atoms with E-state index in [1.54, 1.807) is 29.2 Å². The molecule has 1 aromatic rings. The lowest BCUT2D eigenvalue weighted by Crippen LogP contribution is -2.31. The van der Waals surface area contributed by atoms with Crippen LogP contribution in [0.3, 0.4) is 0 Å². The van der Waals surface area contributed by atoms with Gasteiger partial charge in [0.05, 0.1) is 11.1 Å². The molecule has 0 atom stereocenters. The van der Waals surface area contributed by atoms with Crippen LogP contribution in [0.25, 0.3) is 0 Å². The molecule has 0 aliphatic carbocycles. The van der Waals surface area contributed by atoms with E-state index in [0.29, 0.717) is 36.3 Å². The quantitative estimate of drug-likeness (QED) is 0.545. The summed E-state index contributed by atoms with van der Waals surface area (Å²) in [6.07, 6.45) is 4.94. The maximum Gasteiger partial charge on any atom is 0.261 e. The van der Waals surface area contributed by atoms with Gasteiger partial charge in [0.15, 0.2) is 0 Å². The number of carbonyl (C=O) groups excluding carboxylic acids is 3. The second-order valence-corrected chi connectivity index (χ2v) is 5.66. The maximum atomic E-state index is 12.6. The molecule has 5 heteroatoms. The van der Waals surface area contributed by atoms with Gasteiger partial charge in [0.1, 0.15) is 0 Å². The van der Waals surface area contributed by atoms with E-state index >= 15 is 0 Å². The van der Waals surface area contributed by atoms with Gasteiger partial charge in [-0.15, -0.1) is 13.2 Å². The minimum absolute atomic E-state index is 0.218. The van der Waals surface area contributed by atoms with Crippen molar-refractivity contribution in [3.05, 3.63) is 60.2 Å². The summed E-state index contributed by atoms with van der Waals surface area (Å²) in [7, 11) is 0. The van der Waals surface area contributed by atoms with Crippen LogP contribution in [0.2, 0.25) is 0 Å². The fourth-order valence-electron chi connectivity index (χ4n) is 2.68. The molecule has 0 saturated heterocycles. The predicted molar refractivity (Wildman–Crippen MR) is 93.0 cm³/mol. The summed E-state index contributed by atoms with van der Waals surface area (Å²) < 4.78 is 0. The molecular formula is C19H22N2O3. The summed E-state index contributed by atoms with van der Waals surface area (Å²) in [4.78, 5) is 40.2. The molecule has 1 aliphatic rings. The van der Waals surface area contributed by atoms with Crippen LogP contribution in [0.15, 0.2) is 43.5 Å². The Labute approximate surface area is 142 Å². The van der Waals surface area contributed by atoms with E-state index in [0.717, 1.165) is 12.8 Å². The zero-order valence-electron chi connectivity index (χ0n) is 14.0. The monoisotopic (exact) mass is 326 g/mol. The van der Waals surface area contributed by atoms with Gasteiger partial charge >= 0.3 is 0 Å². The molecule has 24 heavy (non-hydrogen) atoms. The van der Waals surface area contributed by atoms with Gasteiger partial charge < -0.3 is 4.90 Å². The van der Waals surface area contributed by atoms with Gasteiger partial charge in [-0.25, -0.2) is 0 Å². The van der Waals surface area contributed by atoms with Crippen molar-refractivity contribution in [1.29, 1.82) is 0 Å². The summed E-state index contributed by atoms with van der Waals surface area (Å²) in [6.45, 7) is 10.5. The lowest BCUT2D eigenvalue weighted by atomic mass is 10.0. The third kappa shape index (κ3) is 3.30. The van der Waals surface area contributed by atoms with Gasteiger partial charge in [-0.1, -0.05) is 25.5 Å². The molecule has 1 aliphatic heterocycles. The second kappa shape index (κ2) is 7.73. The van der Waals surface area contributed by atoms with E-state index in [9.17, 15) is 14.4 Å². The Morgan fingerprint density at radius 3 is 2.33 bits per heavy atom. The summed E-state index contributed by atoms with van der Waals surface area (Å²) in [5.74, 6) is -0.821. The van der Waals surface area contributed by atoms with Gasteiger partial charge in [0, 0.05) is 25.2 Å². The molecule has 0 spiro atoms. The molecule has 0 N–H and O–H groups in total. The minimum atomic E-state index is -0.322. The Hall–Kier alpha value is -2.69. The molecular weight excluding hydrogens is 304 g/mol. The van der Waals surface area contributed by atoms with E-state index < -0.39 is 0 Å². The summed E-state index contributed by atoms with van der Waals surface area (Å²) >= 11 is 0. The van der Waals surface area contributed by atoms with Crippen LogP contribution >= 0.6 is 0 Å². The number of rotatable bonds is 8. The van der Waals surface area contributed by atoms with Gasteiger partial charge in [0.25, 0.3) is 17.7 Å². The van der Waals surface area contributed by atoms with Gasteiger partial charge in [0.2, 0.25) is 0 Å². The third-order valence-corrected chi connectivity index (χ3v) is 3.94. The van der Waals surface area contributed by atoms with Crippen molar-refractivity contribution in [1.82, 2.24) is 9.80 Å². The standard InChI is InChI=1S/C19H22N2O3/c1-4-7-12-21-18(23)15-9-8-14(13-16(15)19(21)24)17(22)20(10-5-2)11-6-3/h5-6,8-9,13H,2-4,7,10-12H2,1H3. The number of imide groups is 1. The maximum absolute atomic E-state index is 12.6. The molecule has 5 nitrogen and oxygen atoms in total. The lowest BCUT2D eigenvalue weighted by Gasteiger charge is -2.19. The number of benzene rings is 1. The van der Waals surface area contributed by atoms with Crippen LogP contribution in [0.1, 0.15) is 50.8 Å². The van der Waals surface area contributed by atoms with Crippen molar-refractivity contribution < 1.29 is 14.4 Å². The van der Waals surface area contributed by atoms with Crippen LogP contribution in [0.4, 0.5) is 0 Å². The third-order valence-electron chi connectivity index (χ3n) is 3.94. The summed E-state index contributed by atoms with van der Waals surface area (Å²) in [5, 5.41) is 0. The van der Waals surface area contributed by atoms with E-state index in [2.05, 4.69) is 13.2 Å². The molecule has 0 saturated carbocycles. The minimum Gasteiger partial charge on any atom is -0.331 e. The summed E-state index contributed by atoms with van der Waals surface area (Å²) in [5.41, 5.74) is 1.06. The fourth-order valence-corrected chi connectivity index (χ4v) is 2.68. The first-order chi connectivity index (χ1) is 11.5. The highest BCUT2D eigenvalue weighted by atomic mass is 16.2. The highest BCUT2D eigenvalue weighted by Crippen LogP contribution is 2.25. The molecule has 0 radical (unpaired) electrons. The SMILES string of the molecule is C=CCN(CC=C)C(=O)c1ccc2c(c1)C(=O)N(CCCC)C2=O. The van der Waals surface area contributed by atoms with Crippen molar-refractivity contribution in [3.63, 3.8) is 0 Å². The lowest BCUT2D eigenvalue weighted by molar-refractivity contribution is 0.0652. The van der Waals surface area contributed by atoms with E-state index in [4.69, 9.17) is 0 Å². The molecule has 2 rings (SSSR count). The smallest absolute Gasteiger partial charge is 0.261 e.